The quantitative estimate of drug-likeness (QED) is 0.779. The first kappa shape index (κ1) is 16.2. The van der Waals surface area contributed by atoms with Crippen molar-refractivity contribution in [3.8, 4) is 5.75 Å². The van der Waals surface area contributed by atoms with Gasteiger partial charge in [-0.25, -0.2) is 0 Å². The van der Waals surface area contributed by atoms with Gasteiger partial charge in [0.2, 0.25) is 0 Å². The van der Waals surface area contributed by atoms with Crippen molar-refractivity contribution in [2.75, 3.05) is 0 Å². The third-order valence-electron chi connectivity index (χ3n) is 2.79. The molecule has 0 aromatic heterocycles. The van der Waals surface area contributed by atoms with Gasteiger partial charge in [-0.15, -0.1) is 10.7 Å². The number of nitrogens with zero attached hydrogens (tertiary/aromatic N) is 2. The Kier molecular flexibility index (Phi) is 6.80. The first-order valence-corrected chi connectivity index (χ1v) is 7.14. The molecule has 1 heterocycles. The molecule has 23 heavy (non-hydrogen) atoms. The van der Waals surface area contributed by atoms with E-state index in [1.165, 1.54) is 12.3 Å². The van der Waals surface area contributed by atoms with Crippen molar-refractivity contribution in [2.45, 2.75) is 6.42 Å². The number of hydrogen-bond acceptors (Lipinski definition) is 5. The highest BCUT2D eigenvalue weighted by atomic mass is 16.7. The van der Waals surface area contributed by atoms with Gasteiger partial charge in [-0.05, 0) is 35.9 Å². The lowest BCUT2D eigenvalue weighted by Gasteiger charge is -2.06. The zero-order valence-electron chi connectivity index (χ0n) is 12.5. The van der Waals surface area contributed by atoms with Gasteiger partial charge in [0.1, 0.15) is 0 Å². The summed E-state index contributed by atoms with van der Waals surface area (Å²) >= 11 is 0. The molecule has 0 amide bonds. The molecule has 1 aromatic rings. The number of rotatable bonds is 0. The summed E-state index contributed by atoms with van der Waals surface area (Å²) in [6.45, 7) is 0. The van der Waals surface area contributed by atoms with Crippen molar-refractivity contribution < 1.29 is 9.63 Å². The van der Waals surface area contributed by atoms with Crippen LogP contribution < -0.4 is 10.4 Å². The lowest BCUT2D eigenvalue weighted by molar-refractivity contribution is 0.103. The molecule has 1 aliphatic rings. The van der Waals surface area contributed by atoms with Crippen LogP contribution in [0.3, 0.4) is 0 Å². The number of nitrogens with one attached hydrogen (secondary N) is 1. The molecular weight excluding hydrogens is 290 g/mol. The van der Waals surface area contributed by atoms with Gasteiger partial charge in [0.05, 0.1) is 11.8 Å². The maximum absolute atomic E-state index is 12.2. The van der Waals surface area contributed by atoms with Crippen LogP contribution in [0.25, 0.3) is 0 Å². The van der Waals surface area contributed by atoms with Gasteiger partial charge in [0, 0.05) is 0 Å². The predicted octanol–water partition coefficient (Wildman–Crippen LogP) is 4.26. The van der Waals surface area contributed by atoms with E-state index in [9.17, 15) is 4.79 Å². The Morgan fingerprint density at radius 1 is 0.957 bits per heavy atom. The molecule has 0 radical (unpaired) electrons. The SMILES string of the molecule is O=C1C=CCC=CC=CC=CC=CN=NNOc2ccccc21. The summed E-state index contributed by atoms with van der Waals surface area (Å²) in [5.41, 5.74) is 2.80. The normalized spacial score (nSPS) is 15.4. The van der Waals surface area contributed by atoms with E-state index in [0.717, 1.165) is 0 Å². The minimum absolute atomic E-state index is 0.132. The standard InChI is InChI=1S/C18H17N3O2/c22-17-13-8-6-4-2-1-3-5-7-11-15-19-20-21-23-18-14-10-9-12-16(17)18/h1-5,7-15H,6H2,(H,19,21). The second kappa shape index (κ2) is 9.68. The summed E-state index contributed by atoms with van der Waals surface area (Å²) < 4.78 is 0. The molecule has 116 valence electrons. The molecule has 1 aromatic carbocycles. The number of allylic oxidation sites excluding steroid dienone is 9. The molecule has 5 nitrogen and oxygen atoms in total. The fraction of sp³-hybridized carbons (Fsp3) is 0.0556. The van der Waals surface area contributed by atoms with Gasteiger partial charge in [0.25, 0.3) is 0 Å². The Labute approximate surface area is 135 Å². The molecule has 0 fully saturated rings. The predicted molar refractivity (Wildman–Crippen MR) is 89.7 cm³/mol. The van der Waals surface area contributed by atoms with Crippen LogP contribution in [0.4, 0.5) is 0 Å². The highest BCUT2D eigenvalue weighted by Gasteiger charge is 2.09. The van der Waals surface area contributed by atoms with Gasteiger partial charge >= 0.3 is 0 Å². The maximum Gasteiger partial charge on any atom is 0.189 e. The Bertz CT molecular complexity index is 698. The number of ketones is 1. The van der Waals surface area contributed by atoms with Crippen molar-refractivity contribution in [3.63, 3.8) is 0 Å². The van der Waals surface area contributed by atoms with E-state index in [4.69, 9.17) is 4.84 Å². The Morgan fingerprint density at radius 2 is 1.74 bits per heavy atom. The molecule has 0 saturated heterocycles. The molecular formula is C18H17N3O2. The second-order valence-corrected chi connectivity index (χ2v) is 4.45. The Morgan fingerprint density at radius 3 is 2.65 bits per heavy atom. The van der Waals surface area contributed by atoms with E-state index >= 15 is 0 Å². The van der Waals surface area contributed by atoms with Gasteiger partial charge in [-0.3, -0.25) is 4.79 Å². The fourth-order valence-electron chi connectivity index (χ4n) is 1.73. The molecule has 0 aliphatic carbocycles. The summed E-state index contributed by atoms with van der Waals surface area (Å²) in [5.74, 6) is 0.261. The largest absolute Gasteiger partial charge is 0.363 e. The zero-order valence-corrected chi connectivity index (χ0v) is 12.5. The molecule has 2 rings (SSSR count). The highest BCUT2D eigenvalue weighted by molar-refractivity contribution is 6.06. The lowest BCUT2D eigenvalue weighted by atomic mass is 10.1. The van der Waals surface area contributed by atoms with Gasteiger partial charge in [-0.1, -0.05) is 54.7 Å². The van der Waals surface area contributed by atoms with Gasteiger partial charge in [0.15, 0.2) is 11.5 Å². The molecule has 0 atom stereocenters. The molecule has 5 heteroatoms. The topological polar surface area (TPSA) is 63.0 Å². The summed E-state index contributed by atoms with van der Waals surface area (Å²) in [5, 5.41) is 7.38. The first-order chi connectivity index (χ1) is 11.4. The molecule has 0 spiro atoms. The number of hydrogen-bond donors (Lipinski definition) is 1. The molecule has 0 bridgehead atoms. The van der Waals surface area contributed by atoms with E-state index in [-0.39, 0.29) is 5.78 Å². The fourth-order valence-corrected chi connectivity index (χ4v) is 1.73. The van der Waals surface area contributed by atoms with Gasteiger partial charge in [-0.2, -0.15) is 0 Å². The molecule has 1 N–H and O–H groups in total. The van der Waals surface area contributed by atoms with Crippen molar-refractivity contribution in [3.05, 3.63) is 90.7 Å². The van der Waals surface area contributed by atoms with E-state index in [1.54, 1.807) is 36.4 Å². The number of fused-ring (bicyclic) bond motifs is 1. The van der Waals surface area contributed by atoms with Crippen LogP contribution in [0.5, 0.6) is 5.75 Å². The summed E-state index contributed by atoms with van der Waals surface area (Å²) in [7, 11) is 0. The minimum Gasteiger partial charge on any atom is -0.363 e. The van der Waals surface area contributed by atoms with Crippen LogP contribution in [-0.2, 0) is 0 Å². The monoisotopic (exact) mass is 307 g/mol. The second-order valence-electron chi connectivity index (χ2n) is 4.45. The van der Waals surface area contributed by atoms with Gasteiger partial charge < -0.3 is 4.84 Å². The average molecular weight is 307 g/mol. The van der Waals surface area contributed by atoms with Crippen LogP contribution in [-0.4, -0.2) is 5.78 Å². The number of benzene rings is 1. The van der Waals surface area contributed by atoms with Crippen LogP contribution in [0.2, 0.25) is 0 Å². The van der Waals surface area contributed by atoms with E-state index in [2.05, 4.69) is 15.9 Å². The Hall–Kier alpha value is -3.21. The highest BCUT2D eigenvalue weighted by Crippen LogP contribution is 2.18. The zero-order chi connectivity index (χ0) is 16.2. The van der Waals surface area contributed by atoms with Crippen LogP contribution in [0.1, 0.15) is 16.8 Å². The van der Waals surface area contributed by atoms with E-state index < -0.39 is 0 Å². The van der Waals surface area contributed by atoms with Crippen LogP contribution in [0.15, 0.2) is 95.5 Å². The smallest absolute Gasteiger partial charge is 0.189 e. The minimum atomic E-state index is -0.132. The third kappa shape index (κ3) is 5.97. The summed E-state index contributed by atoms with van der Waals surface area (Å²) in [4.78, 5) is 17.5. The van der Waals surface area contributed by atoms with Crippen LogP contribution >= 0.6 is 0 Å². The van der Waals surface area contributed by atoms with Crippen LogP contribution in [0, 0.1) is 0 Å². The summed E-state index contributed by atoms with van der Waals surface area (Å²) in [6.07, 6.45) is 18.7. The lowest BCUT2D eigenvalue weighted by Crippen LogP contribution is -2.12. The average Bonchev–Trinajstić information content (AvgIpc) is 2.57. The molecule has 1 aliphatic heterocycles. The van der Waals surface area contributed by atoms with E-state index in [1.807, 2.05) is 36.5 Å². The van der Waals surface area contributed by atoms with E-state index in [0.29, 0.717) is 17.7 Å². The van der Waals surface area contributed by atoms with Crippen molar-refractivity contribution in [1.82, 2.24) is 5.59 Å². The molecule has 0 unspecified atom stereocenters. The summed E-state index contributed by atoms with van der Waals surface area (Å²) in [6, 6.07) is 6.94. The third-order valence-corrected chi connectivity index (χ3v) is 2.79. The number of para-hydroxylation sites is 1. The van der Waals surface area contributed by atoms with Crippen molar-refractivity contribution in [2.24, 2.45) is 10.3 Å². The number of carbonyl (C=O) groups excluding carboxylic acids is 1. The molecule has 0 saturated carbocycles. The van der Waals surface area contributed by atoms with Crippen molar-refractivity contribution in [1.29, 1.82) is 0 Å². The maximum atomic E-state index is 12.2. The Balaban J connectivity index is 2.18. The first-order valence-electron chi connectivity index (χ1n) is 7.14. The number of carbonyl (C=O) groups is 1. The van der Waals surface area contributed by atoms with Crippen molar-refractivity contribution >= 4 is 5.78 Å².